The summed E-state index contributed by atoms with van der Waals surface area (Å²) >= 11 is 1.87. The van der Waals surface area contributed by atoms with Gasteiger partial charge in [0.1, 0.15) is 0 Å². The number of hydrogen-bond donors (Lipinski definition) is 0. The minimum Gasteiger partial charge on any atom is -0.135 e. The van der Waals surface area contributed by atoms with Crippen molar-refractivity contribution in [3.63, 3.8) is 0 Å². The average molecular weight is 875 g/mol. The van der Waals surface area contributed by atoms with Gasteiger partial charge in [-0.25, -0.2) is 0 Å². The van der Waals surface area contributed by atoms with Gasteiger partial charge in [0.25, 0.3) is 0 Å². The molecule has 0 saturated heterocycles. The summed E-state index contributed by atoms with van der Waals surface area (Å²) in [6, 6.07) is 65.0. The minimum atomic E-state index is 0.659. The van der Waals surface area contributed by atoms with E-state index in [9.17, 15) is 0 Å². The molecule has 0 saturated carbocycles. The monoisotopic (exact) mass is 874 g/mol. The Hall–Kier alpha value is -7.06. The zero-order chi connectivity index (χ0) is 46.4. The van der Waals surface area contributed by atoms with E-state index in [2.05, 4.69) is 267 Å². The maximum Gasteiger partial charge on any atom is 0.0355 e. The Balaban J connectivity index is 0.000000142. The predicted octanol–water partition coefficient (Wildman–Crippen LogP) is 19.4. The van der Waals surface area contributed by atoms with Gasteiger partial charge in [-0.1, -0.05) is 226 Å². The average Bonchev–Trinajstić information content (AvgIpc) is 3.72. The molecule has 10 rings (SSSR count). The fourth-order valence-electron chi connectivity index (χ4n) is 8.02. The molecule has 0 unspecified atom stereocenters. The number of aryl methyl sites for hydroxylation is 4. The summed E-state index contributed by atoms with van der Waals surface area (Å²) < 4.78 is 2.73. The highest BCUT2D eigenvalue weighted by Gasteiger charge is 2.11. The van der Waals surface area contributed by atoms with Crippen LogP contribution < -0.4 is 0 Å². The second kappa shape index (κ2) is 22.7. The molecule has 1 heteroatoms. The highest BCUT2D eigenvalue weighted by molar-refractivity contribution is 7.25. The summed E-state index contributed by atoms with van der Waals surface area (Å²) in [4.78, 5) is 0. The second-order valence-electron chi connectivity index (χ2n) is 17.4. The SMILES string of the molecule is C=C1/C=C\C=C/C/C=C\C(c2cc(-c3ccc(C)cc3)ccc2C)=C/1C.CC(C)c1ccccc1.Cc1ccc(-c2ccc3sc4ccccc4c3c2)cc1.Cc1cccc2ccccc12. The molecular formula is C65H62S. The largest absolute Gasteiger partial charge is 0.135 e. The molecule has 0 bridgehead atoms. The number of hydrogen-bond acceptors (Lipinski definition) is 1. The number of fused-ring (bicyclic) bond motifs is 4. The molecular weight excluding hydrogens is 813 g/mol. The van der Waals surface area contributed by atoms with Crippen molar-refractivity contribution in [2.24, 2.45) is 0 Å². The van der Waals surface area contributed by atoms with Crippen molar-refractivity contribution in [1.29, 1.82) is 0 Å². The van der Waals surface area contributed by atoms with Crippen LogP contribution in [-0.2, 0) is 0 Å². The lowest BCUT2D eigenvalue weighted by molar-refractivity contribution is 0.867. The van der Waals surface area contributed by atoms with Crippen LogP contribution in [0.25, 0.3) is 58.8 Å². The Morgan fingerprint density at radius 2 is 1.03 bits per heavy atom. The molecule has 8 aromatic carbocycles. The van der Waals surface area contributed by atoms with Crippen LogP contribution in [0.2, 0.25) is 0 Å². The van der Waals surface area contributed by atoms with Crippen molar-refractivity contribution in [2.45, 2.75) is 60.8 Å². The van der Waals surface area contributed by atoms with Crippen LogP contribution in [0.4, 0.5) is 0 Å². The normalized spacial score (nSPS) is 14.9. The Morgan fingerprint density at radius 3 is 1.70 bits per heavy atom. The number of rotatable bonds is 4. The molecule has 328 valence electrons. The van der Waals surface area contributed by atoms with Crippen LogP contribution in [0.5, 0.6) is 0 Å². The Bertz CT molecular complexity index is 3160. The van der Waals surface area contributed by atoms with Crippen LogP contribution in [0.15, 0.2) is 236 Å². The third-order valence-electron chi connectivity index (χ3n) is 12.1. The molecule has 0 spiro atoms. The molecule has 0 atom stereocenters. The molecule has 9 aromatic rings. The van der Waals surface area contributed by atoms with Crippen LogP contribution in [0.3, 0.4) is 0 Å². The molecule has 1 aromatic heterocycles. The van der Waals surface area contributed by atoms with Crippen molar-refractivity contribution in [2.75, 3.05) is 0 Å². The van der Waals surface area contributed by atoms with Gasteiger partial charge in [-0.05, 0) is 143 Å². The van der Waals surface area contributed by atoms with Crippen molar-refractivity contribution < 1.29 is 0 Å². The Labute approximate surface area is 398 Å². The molecule has 1 aliphatic carbocycles. The first-order valence-corrected chi connectivity index (χ1v) is 23.9. The minimum absolute atomic E-state index is 0.659. The molecule has 0 fully saturated rings. The van der Waals surface area contributed by atoms with Gasteiger partial charge in [-0.3, -0.25) is 0 Å². The van der Waals surface area contributed by atoms with Gasteiger partial charge in [0.15, 0.2) is 0 Å². The van der Waals surface area contributed by atoms with Gasteiger partial charge in [-0.15, -0.1) is 11.3 Å². The van der Waals surface area contributed by atoms with Crippen LogP contribution in [0, 0.1) is 27.7 Å². The summed E-state index contributed by atoms with van der Waals surface area (Å²) in [5.41, 5.74) is 16.5. The van der Waals surface area contributed by atoms with Crippen LogP contribution in [0.1, 0.15) is 66.5 Å². The molecule has 0 aliphatic heterocycles. The molecule has 0 N–H and O–H groups in total. The fraction of sp³-hybridized carbons (Fsp3) is 0.138. The third kappa shape index (κ3) is 12.2. The van der Waals surface area contributed by atoms with Gasteiger partial charge in [0.05, 0.1) is 0 Å². The number of allylic oxidation sites excluding steroid dienone is 9. The Kier molecular flexibility index (Phi) is 16.1. The molecule has 1 heterocycles. The van der Waals surface area contributed by atoms with Gasteiger partial charge in [-0.2, -0.15) is 0 Å². The van der Waals surface area contributed by atoms with Gasteiger partial charge >= 0.3 is 0 Å². The van der Waals surface area contributed by atoms with Gasteiger partial charge < -0.3 is 0 Å². The summed E-state index contributed by atoms with van der Waals surface area (Å²) in [6.07, 6.45) is 13.8. The fourth-order valence-corrected chi connectivity index (χ4v) is 9.11. The lowest BCUT2D eigenvalue weighted by Gasteiger charge is -2.15. The van der Waals surface area contributed by atoms with E-state index in [4.69, 9.17) is 0 Å². The molecule has 0 radical (unpaired) electrons. The highest BCUT2D eigenvalue weighted by atomic mass is 32.1. The quantitative estimate of drug-likeness (QED) is 0.165. The summed E-state index contributed by atoms with van der Waals surface area (Å²) in [5, 5.41) is 5.41. The third-order valence-corrected chi connectivity index (χ3v) is 13.3. The molecule has 1 aliphatic rings. The summed E-state index contributed by atoms with van der Waals surface area (Å²) in [5.74, 6) is 0.659. The Morgan fingerprint density at radius 1 is 0.455 bits per heavy atom. The van der Waals surface area contributed by atoms with E-state index in [0.29, 0.717) is 5.92 Å². The van der Waals surface area contributed by atoms with Gasteiger partial charge in [0.2, 0.25) is 0 Å². The van der Waals surface area contributed by atoms with Crippen molar-refractivity contribution in [3.8, 4) is 22.3 Å². The second-order valence-corrected chi connectivity index (χ2v) is 18.5. The van der Waals surface area contributed by atoms with E-state index in [1.54, 1.807) is 0 Å². The van der Waals surface area contributed by atoms with Crippen LogP contribution in [-0.4, -0.2) is 0 Å². The van der Waals surface area contributed by atoms with E-state index < -0.39 is 0 Å². The maximum absolute atomic E-state index is 4.25. The first-order valence-electron chi connectivity index (χ1n) is 23.1. The molecule has 66 heavy (non-hydrogen) atoms. The first kappa shape index (κ1) is 46.9. The van der Waals surface area contributed by atoms with Crippen molar-refractivity contribution >= 4 is 47.9 Å². The maximum atomic E-state index is 4.25. The van der Waals surface area contributed by atoms with E-state index >= 15 is 0 Å². The lowest BCUT2D eigenvalue weighted by atomic mass is 9.90. The van der Waals surface area contributed by atoms with E-state index in [1.165, 1.54) is 97.7 Å². The predicted molar refractivity (Wildman–Crippen MR) is 294 cm³/mol. The van der Waals surface area contributed by atoms with E-state index in [1.807, 2.05) is 17.4 Å². The smallest absolute Gasteiger partial charge is 0.0355 e. The number of benzene rings is 8. The lowest BCUT2D eigenvalue weighted by Crippen LogP contribution is -1.94. The van der Waals surface area contributed by atoms with Crippen LogP contribution >= 0.6 is 11.3 Å². The molecule has 0 amide bonds. The van der Waals surface area contributed by atoms with Crippen molar-refractivity contribution in [3.05, 3.63) is 270 Å². The van der Waals surface area contributed by atoms with E-state index in [0.717, 1.165) is 12.0 Å². The van der Waals surface area contributed by atoms with E-state index in [-0.39, 0.29) is 0 Å². The summed E-state index contributed by atoms with van der Waals surface area (Å²) in [6.45, 7) is 19.4. The summed E-state index contributed by atoms with van der Waals surface area (Å²) in [7, 11) is 0. The zero-order valence-corrected chi connectivity index (χ0v) is 40.5. The molecule has 0 nitrogen and oxygen atoms in total. The van der Waals surface area contributed by atoms with Gasteiger partial charge in [0, 0.05) is 20.2 Å². The van der Waals surface area contributed by atoms with Crippen molar-refractivity contribution in [1.82, 2.24) is 0 Å². The topological polar surface area (TPSA) is 0 Å². The first-order chi connectivity index (χ1) is 32.0. The standard InChI is InChI=1S/C26H26.C19H14S.C11H10.C9H12/c1-19-12-15-23(16-13-19)24-17-14-21(3)26(18-24)25-11-9-7-5-6-8-10-20(2)22(25)4;1-13-6-8-14(9-7-13)15-10-11-19-17(12-15)16-4-2-3-5-18(16)20-19;1-9-5-4-7-10-6-2-3-8-11(9)10;1-8(2)9-6-4-3-5-7-9/h5-6,8-18H,2,7H2,1,3-4H3;2-12H,1H3;2-8H,1H3;3-8H,1-2H3/b6-5-,10-8-,11-9-,25-22+;;;. The highest BCUT2D eigenvalue weighted by Crippen LogP contribution is 2.36. The number of thiophene rings is 1. The zero-order valence-electron chi connectivity index (χ0n) is 39.7.